The second kappa shape index (κ2) is 12.0. The molecule has 0 aliphatic carbocycles. The number of ether oxygens (including phenoxy) is 2. The van der Waals surface area contributed by atoms with Crippen molar-refractivity contribution in [2.24, 2.45) is 4.30 Å². The fourth-order valence-electron chi connectivity index (χ4n) is 1.03. The number of aromatic amines is 2. The van der Waals surface area contributed by atoms with Crippen molar-refractivity contribution in [1.82, 2.24) is 19.9 Å². The Kier molecular flexibility index (Phi) is 11.3. The van der Waals surface area contributed by atoms with Gasteiger partial charge in [-0.25, -0.2) is 19.6 Å². The fraction of sp³-hybridized carbons (Fsp3) is 0.200. The SMILES string of the molecule is COC(=O)c1cnc[nH]1.COC(=O)c1nc(Br)[nH]c1Br.[B]=NS. The second-order valence-corrected chi connectivity index (χ2v) is 5.03. The number of thiol groups is 1. The van der Waals surface area contributed by atoms with Crippen LogP contribution in [-0.4, -0.2) is 53.7 Å². The summed E-state index contributed by atoms with van der Waals surface area (Å²) in [7, 11) is 6.96. The van der Waals surface area contributed by atoms with Crippen molar-refractivity contribution < 1.29 is 19.1 Å². The Morgan fingerprint density at radius 1 is 1.30 bits per heavy atom. The zero-order valence-corrected chi connectivity index (χ0v) is 16.0. The van der Waals surface area contributed by atoms with E-state index in [0.29, 0.717) is 15.0 Å². The zero-order chi connectivity index (χ0) is 17.8. The molecule has 0 aliphatic rings. The summed E-state index contributed by atoms with van der Waals surface area (Å²) in [5, 5.41) is 0. The molecule has 2 aromatic rings. The summed E-state index contributed by atoms with van der Waals surface area (Å²) in [5.41, 5.74) is 0.608. The number of carbonyl (C=O) groups is 2. The van der Waals surface area contributed by atoms with Crippen LogP contribution in [0.3, 0.4) is 0 Å². The number of H-pyrrole nitrogens is 2. The maximum atomic E-state index is 10.9. The summed E-state index contributed by atoms with van der Waals surface area (Å²) in [6.45, 7) is 0. The van der Waals surface area contributed by atoms with Crippen molar-refractivity contribution in [1.29, 1.82) is 0 Å². The minimum atomic E-state index is -0.473. The van der Waals surface area contributed by atoms with Gasteiger partial charge in [0.25, 0.3) is 0 Å². The van der Waals surface area contributed by atoms with E-state index in [9.17, 15) is 9.59 Å². The van der Waals surface area contributed by atoms with Gasteiger partial charge in [-0.15, -0.1) is 0 Å². The number of hydrogen-bond acceptors (Lipinski definition) is 8. The van der Waals surface area contributed by atoms with Crippen LogP contribution in [0.15, 0.2) is 26.2 Å². The molecule has 0 spiro atoms. The van der Waals surface area contributed by atoms with Crippen molar-refractivity contribution in [3.05, 3.63) is 33.2 Å². The molecule has 0 unspecified atom stereocenters. The van der Waals surface area contributed by atoms with E-state index >= 15 is 0 Å². The summed E-state index contributed by atoms with van der Waals surface area (Å²) in [6, 6.07) is 0. The van der Waals surface area contributed by atoms with E-state index in [4.69, 9.17) is 0 Å². The molecule has 23 heavy (non-hydrogen) atoms. The molecule has 9 nitrogen and oxygen atoms in total. The monoisotopic (exact) mass is 466 g/mol. The van der Waals surface area contributed by atoms with Gasteiger partial charge in [0.15, 0.2) is 10.4 Å². The van der Waals surface area contributed by atoms with E-state index in [1.165, 1.54) is 26.7 Å². The Labute approximate surface area is 154 Å². The molecule has 2 aromatic heterocycles. The zero-order valence-electron chi connectivity index (χ0n) is 11.9. The standard InChI is InChI=1S/C5H4Br2N2O2.C5H6N2O2.BHNS/c1-11-4(10)2-3(6)9-5(7)8-2;1-9-5(8)4-2-6-3-7-4;1-2-3/h1H3,(H,8,9);2-3H,1H3,(H,6,7);3H. The minimum absolute atomic E-state index is 0.236. The number of nitrogens with zero attached hydrogens (tertiary/aromatic N) is 3. The van der Waals surface area contributed by atoms with Gasteiger partial charge >= 0.3 is 36.7 Å². The third-order valence-electron chi connectivity index (χ3n) is 1.91. The first-order valence-electron chi connectivity index (χ1n) is 5.51. The third-order valence-corrected chi connectivity index (χ3v) is 2.86. The predicted molar refractivity (Wildman–Crippen MR) is 92.4 cm³/mol. The Morgan fingerprint density at radius 3 is 2.22 bits per heavy atom. The molecule has 13 heteroatoms. The van der Waals surface area contributed by atoms with Crippen LogP contribution in [0.1, 0.15) is 21.0 Å². The van der Waals surface area contributed by atoms with E-state index in [2.05, 4.69) is 86.0 Å². The summed E-state index contributed by atoms with van der Waals surface area (Å²) in [4.78, 5) is 34.3. The summed E-state index contributed by atoms with van der Waals surface area (Å²) in [6.07, 6.45) is 2.83. The molecule has 0 aromatic carbocycles. The average Bonchev–Trinajstić information content (AvgIpc) is 3.17. The molecule has 0 fully saturated rings. The van der Waals surface area contributed by atoms with Gasteiger partial charge in [-0.05, 0) is 31.9 Å². The molecule has 0 bridgehead atoms. The van der Waals surface area contributed by atoms with Crippen LogP contribution in [0.4, 0.5) is 0 Å². The normalized spacial score (nSPS) is 8.70. The Balaban J connectivity index is 0.000000365. The van der Waals surface area contributed by atoms with Crippen molar-refractivity contribution >= 4 is 64.3 Å². The number of rotatable bonds is 2. The van der Waals surface area contributed by atoms with Crippen LogP contribution >= 0.6 is 44.7 Å². The molecule has 0 atom stereocenters. The number of nitrogens with one attached hydrogen (secondary N) is 2. The molecule has 2 N–H and O–H groups in total. The number of hydrogen-bond donors (Lipinski definition) is 3. The van der Waals surface area contributed by atoms with Gasteiger partial charge in [0.2, 0.25) is 0 Å². The predicted octanol–water partition coefficient (Wildman–Crippen LogP) is 2.10. The van der Waals surface area contributed by atoms with Crippen LogP contribution in [0, 0.1) is 0 Å². The van der Waals surface area contributed by atoms with Crippen molar-refractivity contribution in [2.45, 2.75) is 0 Å². The summed E-state index contributed by atoms with van der Waals surface area (Å²) < 4.78 is 12.5. The average molecular weight is 468 g/mol. The first kappa shape index (κ1) is 21.5. The van der Waals surface area contributed by atoms with E-state index in [0.717, 1.165) is 0 Å². The van der Waals surface area contributed by atoms with Gasteiger partial charge < -0.3 is 19.4 Å². The molecule has 0 aliphatic heterocycles. The van der Waals surface area contributed by atoms with Crippen LogP contribution in [0.2, 0.25) is 0 Å². The summed E-state index contributed by atoms with van der Waals surface area (Å²) >= 11 is 9.38. The van der Waals surface area contributed by atoms with Gasteiger partial charge in [-0.2, -0.15) is 0 Å². The number of methoxy groups -OCH3 is 2. The quantitative estimate of drug-likeness (QED) is 0.353. The molecule has 123 valence electrons. The van der Waals surface area contributed by atoms with Gasteiger partial charge in [-0.1, -0.05) is 0 Å². The van der Waals surface area contributed by atoms with E-state index < -0.39 is 11.9 Å². The number of aromatic nitrogens is 4. The van der Waals surface area contributed by atoms with Crippen molar-refractivity contribution in [3.8, 4) is 0 Å². The topological polar surface area (TPSA) is 122 Å². The second-order valence-electron chi connectivity index (χ2n) is 3.25. The molecule has 1 radical (unpaired) electrons. The van der Waals surface area contributed by atoms with Crippen LogP contribution in [0.5, 0.6) is 0 Å². The molecule has 0 saturated heterocycles. The van der Waals surface area contributed by atoms with E-state index in [1.807, 2.05) is 0 Å². The van der Waals surface area contributed by atoms with Crippen molar-refractivity contribution in [2.75, 3.05) is 14.2 Å². The number of halogens is 2. The first-order chi connectivity index (χ1) is 10.9. The van der Waals surface area contributed by atoms with Crippen LogP contribution in [-0.2, 0) is 9.47 Å². The van der Waals surface area contributed by atoms with Crippen molar-refractivity contribution in [3.63, 3.8) is 0 Å². The first-order valence-corrected chi connectivity index (χ1v) is 7.50. The molecule has 0 saturated carbocycles. The summed E-state index contributed by atoms with van der Waals surface area (Å²) in [5.74, 6) is -0.869. The number of carbonyl (C=O) groups excluding carboxylic acids is 2. The Bertz CT molecular complexity index is 637. The third kappa shape index (κ3) is 8.09. The fourth-order valence-corrected chi connectivity index (χ4v) is 2.11. The van der Waals surface area contributed by atoms with Crippen LogP contribution in [0.25, 0.3) is 0 Å². The maximum absolute atomic E-state index is 10.9. The van der Waals surface area contributed by atoms with Gasteiger partial charge in [-0.3, -0.25) is 0 Å². The molecular formula is C10H11BBr2N5O4S. The number of esters is 2. The Morgan fingerprint density at radius 2 is 1.87 bits per heavy atom. The van der Waals surface area contributed by atoms with Gasteiger partial charge in [0.05, 0.1) is 26.7 Å². The molecular weight excluding hydrogens is 457 g/mol. The van der Waals surface area contributed by atoms with E-state index in [1.54, 1.807) is 0 Å². The number of imidazole rings is 2. The van der Waals surface area contributed by atoms with E-state index in [-0.39, 0.29) is 5.69 Å². The van der Waals surface area contributed by atoms with Gasteiger partial charge in [0.1, 0.15) is 10.3 Å². The molecule has 2 rings (SSSR count). The molecule has 2 heterocycles. The van der Waals surface area contributed by atoms with Crippen LogP contribution < -0.4 is 0 Å². The van der Waals surface area contributed by atoms with Gasteiger partial charge in [0, 0.05) is 0 Å². The Hall–Kier alpha value is -1.47. The molecule has 0 amide bonds.